The van der Waals surface area contributed by atoms with Crippen LogP contribution in [0.2, 0.25) is 5.15 Å². The van der Waals surface area contributed by atoms with Crippen molar-refractivity contribution in [3.05, 3.63) is 53.8 Å². The first-order chi connectivity index (χ1) is 8.83. The third kappa shape index (κ3) is 1.36. The van der Waals surface area contributed by atoms with Crippen LogP contribution in [0, 0.1) is 0 Å². The van der Waals surface area contributed by atoms with Crippen LogP contribution in [-0.2, 0) is 0 Å². The number of hydrogen-bond acceptors (Lipinski definition) is 2. The number of thiophene rings is 1. The van der Waals surface area contributed by atoms with Crippen molar-refractivity contribution in [2.45, 2.75) is 0 Å². The van der Waals surface area contributed by atoms with Crippen molar-refractivity contribution in [3.8, 4) is 0 Å². The Labute approximate surface area is 113 Å². The van der Waals surface area contributed by atoms with Gasteiger partial charge in [0.2, 0.25) is 0 Å². The number of aromatic nitrogens is 1. The highest BCUT2D eigenvalue weighted by Gasteiger charge is 2.09. The van der Waals surface area contributed by atoms with E-state index in [4.69, 9.17) is 11.6 Å². The van der Waals surface area contributed by atoms with Gasteiger partial charge in [-0.1, -0.05) is 35.9 Å². The molecule has 0 aliphatic rings. The fraction of sp³-hybridized carbons (Fsp3) is 0. The van der Waals surface area contributed by atoms with E-state index >= 15 is 0 Å². The lowest BCUT2D eigenvalue weighted by atomic mass is 10.1. The Hall–Kier alpha value is -1.64. The van der Waals surface area contributed by atoms with E-state index in [0.29, 0.717) is 5.15 Å². The average molecular weight is 270 g/mol. The molecule has 0 unspecified atom stereocenters. The maximum absolute atomic E-state index is 6.22. The zero-order valence-electron chi connectivity index (χ0n) is 9.35. The SMILES string of the molecule is Clc1nccc2sc3cc4ccccc4cc3c12. The van der Waals surface area contributed by atoms with Crippen LogP contribution in [0.5, 0.6) is 0 Å². The molecule has 0 saturated carbocycles. The van der Waals surface area contributed by atoms with Crippen LogP contribution < -0.4 is 0 Å². The topological polar surface area (TPSA) is 12.9 Å². The fourth-order valence-electron chi connectivity index (χ4n) is 2.37. The number of benzene rings is 2. The first-order valence-electron chi connectivity index (χ1n) is 5.68. The van der Waals surface area contributed by atoms with E-state index < -0.39 is 0 Å². The zero-order valence-corrected chi connectivity index (χ0v) is 10.9. The molecule has 86 valence electrons. The van der Waals surface area contributed by atoms with Gasteiger partial charge in [0.1, 0.15) is 5.15 Å². The standard InChI is InChI=1S/C15H8ClNS/c16-15-14-11-7-9-3-1-2-4-10(9)8-13(11)18-12(14)5-6-17-15/h1-8H. The van der Waals surface area contributed by atoms with Crippen LogP contribution in [0.15, 0.2) is 48.7 Å². The van der Waals surface area contributed by atoms with Crippen molar-refractivity contribution in [1.82, 2.24) is 4.98 Å². The molecule has 4 rings (SSSR count). The molecule has 2 aromatic carbocycles. The van der Waals surface area contributed by atoms with Gasteiger partial charge in [0, 0.05) is 26.4 Å². The Morgan fingerprint density at radius 2 is 1.72 bits per heavy atom. The monoisotopic (exact) mass is 269 g/mol. The van der Waals surface area contributed by atoms with E-state index in [1.54, 1.807) is 17.5 Å². The maximum Gasteiger partial charge on any atom is 0.138 e. The molecule has 4 aromatic rings. The Morgan fingerprint density at radius 1 is 0.944 bits per heavy atom. The second-order valence-corrected chi connectivity index (χ2v) is 5.71. The van der Waals surface area contributed by atoms with Crippen molar-refractivity contribution in [3.63, 3.8) is 0 Å². The van der Waals surface area contributed by atoms with Crippen molar-refractivity contribution < 1.29 is 0 Å². The summed E-state index contributed by atoms with van der Waals surface area (Å²) < 4.78 is 2.46. The minimum absolute atomic E-state index is 0.592. The van der Waals surface area contributed by atoms with Crippen molar-refractivity contribution in [2.75, 3.05) is 0 Å². The lowest BCUT2D eigenvalue weighted by Gasteiger charge is -1.98. The number of halogens is 1. The molecule has 2 aromatic heterocycles. The molecule has 3 heteroatoms. The van der Waals surface area contributed by atoms with E-state index in [1.165, 1.54) is 25.6 Å². The van der Waals surface area contributed by atoms with Gasteiger partial charge in [-0.15, -0.1) is 11.3 Å². The molecular formula is C15H8ClNS. The summed E-state index contributed by atoms with van der Waals surface area (Å²) >= 11 is 7.99. The first kappa shape index (κ1) is 10.3. The summed E-state index contributed by atoms with van der Waals surface area (Å²) in [6.45, 7) is 0. The lowest BCUT2D eigenvalue weighted by Crippen LogP contribution is -1.75. The molecule has 0 saturated heterocycles. The number of fused-ring (bicyclic) bond motifs is 4. The first-order valence-corrected chi connectivity index (χ1v) is 6.88. The summed E-state index contributed by atoms with van der Waals surface area (Å²) in [4.78, 5) is 4.18. The molecule has 0 amide bonds. The molecular weight excluding hydrogens is 262 g/mol. The predicted molar refractivity (Wildman–Crippen MR) is 79.6 cm³/mol. The molecule has 2 heterocycles. The molecule has 0 aliphatic heterocycles. The molecule has 0 N–H and O–H groups in total. The van der Waals surface area contributed by atoms with Gasteiger partial charge in [0.15, 0.2) is 0 Å². The van der Waals surface area contributed by atoms with Gasteiger partial charge in [0.25, 0.3) is 0 Å². The summed E-state index contributed by atoms with van der Waals surface area (Å²) in [7, 11) is 0. The smallest absolute Gasteiger partial charge is 0.138 e. The third-order valence-corrected chi connectivity index (χ3v) is 4.61. The summed E-state index contributed by atoms with van der Waals surface area (Å²) in [6, 6.07) is 14.8. The van der Waals surface area contributed by atoms with Gasteiger partial charge in [0.05, 0.1) is 0 Å². The quantitative estimate of drug-likeness (QED) is 0.397. The molecule has 0 bridgehead atoms. The van der Waals surface area contributed by atoms with Gasteiger partial charge < -0.3 is 0 Å². The summed E-state index contributed by atoms with van der Waals surface area (Å²) in [5.74, 6) is 0. The van der Waals surface area contributed by atoms with Gasteiger partial charge in [-0.25, -0.2) is 4.98 Å². The molecule has 0 spiro atoms. The van der Waals surface area contributed by atoms with Crippen LogP contribution in [0.3, 0.4) is 0 Å². The Kier molecular flexibility index (Phi) is 2.10. The van der Waals surface area contributed by atoms with E-state index in [9.17, 15) is 0 Å². The molecule has 0 aliphatic carbocycles. The summed E-state index contributed by atoms with van der Waals surface area (Å²) in [5, 5.41) is 5.37. The minimum atomic E-state index is 0.592. The van der Waals surface area contributed by atoms with E-state index in [2.05, 4.69) is 41.4 Å². The minimum Gasteiger partial charge on any atom is -0.244 e. The van der Waals surface area contributed by atoms with Gasteiger partial charge >= 0.3 is 0 Å². The van der Waals surface area contributed by atoms with Gasteiger partial charge in [-0.3, -0.25) is 0 Å². The Morgan fingerprint density at radius 3 is 2.56 bits per heavy atom. The lowest BCUT2D eigenvalue weighted by molar-refractivity contribution is 1.37. The van der Waals surface area contributed by atoms with Crippen molar-refractivity contribution in [2.24, 2.45) is 0 Å². The Bertz CT molecular complexity index is 895. The molecule has 1 nitrogen and oxygen atoms in total. The molecule has 0 atom stereocenters. The van der Waals surface area contributed by atoms with Gasteiger partial charge in [-0.05, 0) is 29.0 Å². The van der Waals surface area contributed by atoms with Crippen molar-refractivity contribution >= 4 is 53.9 Å². The summed E-state index contributed by atoms with van der Waals surface area (Å²) in [5.41, 5.74) is 0. The van der Waals surface area contributed by atoms with E-state index in [-0.39, 0.29) is 0 Å². The molecule has 0 fully saturated rings. The van der Waals surface area contributed by atoms with Crippen LogP contribution in [0.25, 0.3) is 30.9 Å². The Balaban J connectivity index is 2.29. The third-order valence-electron chi connectivity index (χ3n) is 3.20. The number of pyridine rings is 1. The fourth-order valence-corrected chi connectivity index (χ4v) is 3.81. The highest BCUT2D eigenvalue weighted by Crippen LogP contribution is 2.38. The highest BCUT2D eigenvalue weighted by atomic mass is 35.5. The number of rotatable bonds is 0. The van der Waals surface area contributed by atoms with Crippen molar-refractivity contribution in [1.29, 1.82) is 0 Å². The van der Waals surface area contributed by atoms with Crippen LogP contribution in [-0.4, -0.2) is 4.98 Å². The van der Waals surface area contributed by atoms with Crippen LogP contribution in [0.4, 0.5) is 0 Å². The second-order valence-electron chi connectivity index (χ2n) is 4.27. The largest absolute Gasteiger partial charge is 0.244 e. The number of nitrogens with zero attached hydrogens (tertiary/aromatic N) is 1. The molecule has 18 heavy (non-hydrogen) atoms. The average Bonchev–Trinajstić information content (AvgIpc) is 2.74. The second kappa shape index (κ2) is 3.67. The van der Waals surface area contributed by atoms with E-state index in [1.807, 2.05) is 6.07 Å². The maximum atomic E-state index is 6.22. The zero-order chi connectivity index (χ0) is 12.1. The summed E-state index contributed by atoms with van der Waals surface area (Å²) in [6.07, 6.45) is 1.76. The molecule has 0 radical (unpaired) electrons. The van der Waals surface area contributed by atoms with E-state index in [0.717, 1.165) is 5.39 Å². The normalized spacial score (nSPS) is 11.6. The predicted octanol–water partition coefficient (Wildman–Crippen LogP) is 5.26. The highest BCUT2D eigenvalue weighted by molar-refractivity contribution is 7.26. The van der Waals surface area contributed by atoms with Crippen LogP contribution in [0.1, 0.15) is 0 Å². The van der Waals surface area contributed by atoms with Gasteiger partial charge in [-0.2, -0.15) is 0 Å². The number of hydrogen-bond donors (Lipinski definition) is 0. The van der Waals surface area contributed by atoms with Crippen LogP contribution >= 0.6 is 22.9 Å².